The summed E-state index contributed by atoms with van der Waals surface area (Å²) >= 11 is 5.25. The van der Waals surface area contributed by atoms with Gasteiger partial charge in [-0.25, -0.2) is 9.97 Å². The molecule has 0 unspecified atom stereocenters. The predicted octanol–water partition coefficient (Wildman–Crippen LogP) is 3.19. The van der Waals surface area contributed by atoms with Crippen molar-refractivity contribution >= 4 is 40.4 Å². The van der Waals surface area contributed by atoms with Gasteiger partial charge < -0.3 is 10.6 Å². The van der Waals surface area contributed by atoms with E-state index in [1.54, 1.807) is 34.4 Å². The van der Waals surface area contributed by atoms with Crippen molar-refractivity contribution in [3.8, 4) is 0 Å². The molecule has 0 bridgehead atoms. The van der Waals surface area contributed by atoms with Crippen LogP contribution in [0.15, 0.2) is 27.1 Å². The molecule has 0 aliphatic carbocycles. The smallest absolute Gasteiger partial charge is 0.191 e. The summed E-state index contributed by atoms with van der Waals surface area (Å²) in [6, 6.07) is 0. The summed E-state index contributed by atoms with van der Waals surface area (Å²) in [5.74, 6) is 1.94. The molecule has 0 atom stereocenters. The van der Waals surface area contributed by atoms with Gasteiger partial charge in [0.1, 0.15) is 4.34 Å². The zero-order chi connectivity index (χ0) is 16.3. The summed E-state index contributed by atoms with van der Waals surface area (Å²) in [5, 5.41) is 9.84. The number of aryl methyl sites for hydroxylation is 1. The van der Waals surface area contributed by atoms with Gasteiger partial charge in [-0.1, -0.05) is 11.8 Å². The molecule has 2 aromatic heterocycles. The minimum Gasteiger partial charge on any atom is -0.357 e. The molecule has 5 nitrogen and oxygen atoms in total. The van der Waals surface area contributed by atoms with Gasteiger partial charge in [0.05, 0.1) is 5.01 Å². The van der Waals surface area contributed by atoms with Crippen LogP contribution < -0.4 is 10.6 Å². The Kier molecular flexibility index (Phi) is 8.41. The molecule has 0 saturated carbocycles. The maximum Gasteiger partial charge on any atom is 0.191 e. The average molecular weight is 370 g/mol. The summed E-state index contributed by atoms with van der Waals surface area (Å²) in [5.41, 5.74) is 0. The van der Waals surface area contributed by atoms with Crippen LogP contribution >= 0.6 is 34.4 Å². The quantitative estimate of drug-likeness (QED) is 0.308. The topological polar surface area (TPSA) is 62.2 Å². The van der Waals surface area contributed by atoms with Crippen LogP contribution in [0.5, 0.6) is 0 Å². The zero-order valence-corrected chi connectivity index (χ0v) is 16.0. The highest BCUT2D eigenvalue weighted by atomic mass is 32.2. The van der Waals surface area contributed by atoms with Crippen LogP contribution in [0.3, 0.4) is 0 Å². The average Bonchev–Trinajstić information content (AvgIpc) is 3.19. The lowest BCUT2D eigenvalue weighted by atomic mass is 10.4. The van der Waals surface area contributed by atoms with Crippen LogP contribution in [0.4, 0.5) is 0 Å². The van der Waals surface area contributed by atoms with Gasteiger partial charge in [-0.15, -0.1) is 22.7 Å². The number of thioether (sulfide) groups is 1. The highest BCUT2D eigenvalue weighted by Gasteiger charge is 2.01. The first-order chi connectivity index (χ1) is 11.3. The maximum absolute atomic E-state index is 4.62. The molecule has 0 aliphatic rings. The molecular weight excluding hydrogens is 346 g/mol. The highest BCUT2D eigenvalue weighted by Crippen LogP contribution is 2.20. The van der Waals surface area contributed by atoms with E-state index in [4.69, 9.17) is 0 Å². The number of thiazole rings is 2. The van der Waals surface area contributed by atoms with Gasteiger partial charge in [-0.2, -0.15) is 0 Å². The molecule has 2 N–H and O–H groups in total. The van der Waals surface area contributed by atoms with Crippen molar-refractivity contribution in [1.82, 2.24) is 20.6 Å². The van der Waals surface area contributed by atoms with Gasteiger partial charge in [-0.05, 0) is 20.3 Å². The van der Waals surface area contributed by atoms with Gasteiger partial charge in [0.15, 0.2) is 5.96 Å². The Bertz CT molecular complexity index is 580. The Morgan fingerprint density at radius 2 is 2.26 bits per heavy atom. The van der Waals surface area contributed by atoms with Crippen molar-refractivity contribution in [2.45, 2.75) is 31.0 Å². The SMILES string of the molecule is CCNC(=NCCCSc1nccs1)NCCc1ncc(C)s1. The molecule has 0 radical (unpaired) electrons. The van der Waals surface area contributed by atoms with Crippen LogP contribution in [0, 0.1) is 6.92 Å². The number of aliphatic imine (C=N–C) groups is 1. The second-order valence-corrected chi connectivity index (χ2v) is 8.36. The lowest BCUT2D eigenvalue weighted by Crippen LogP contribution is -2.38. The summed E-state index contributed by atoms with van der Waals surface area (Å²) < 4.78 is 1.14. The number of hydrogen-bond acceptors (Lipinski definition) is 6. The fourth-order valence-corrected chi connectivity index (χ4v) is 4.26. The molecule has 0 aromatic carbocycles. The Hall–Kier alpha value is -1.12. The predicted molar refractivity (Wildman–Crippen MR) is 102 cm³/mol. The van der Waals surface area contributed by atoms with Crippen LogP contribution in [-0.4, -0.2) is 41.3 Å². The first kappa shape index (κ1) is 18.2. The number of nitrogens with zero attached hydrogens (tertiary/aromatic N) is 3. The van der Waals surface area contributed by atoms with Crippen molar-refractivity contribution in [2.75, 3.05) is 25.4 Å². The van der Waals surface area contributed by atoms with Crippen molar-refractivity contribution in [1.29, 1.82) is 0 Å². The van der Waals surface area contributed by atoms with E-state index >= 15 is 0 Å². The Balaban J connectivity index is 1.64. The fourth-order valence-electron chi connectivity index (χ4n) is 1.84. The number of hydrogen-bond donors (Lipinski definition) is 2. The van der Waals surface area contributed by atoms with E-state index in [0.717, 1.165) is 48.5 Å². The summed E-state index contributed by atoms with van der Waals surface area (Å²) in [7, 11) is 0. The molecule has 2 heterocycles. The normalized spacial score (nSPS) is 11.7. The molecule has 0 aliphatic heterocycles. The first-order valence-corrected chi connectivity index (χ1v) is 10.4. The lowest BCUT2D eigenvalue weighted by molar-refractivity contribution is 0.792. The van der Waals surface area contributed by atoms with Crippen molar-refractivity contribution in [3.05, 3.63) is 27.7 Å². The molecule has 0 fully saturated rings. The van der Waals surface area contributed by atoms with Gasteiger partial charge in [0.2, 0.25) is 0 Å². The Morgan fingerprint density at radius 1 is 1.35 bits per heavy atom. The second kappa shape index (κ2) is 10.6. The van der Waals surface area contributed by atoms with Crippen molar-refractivity contribution in [2.24, 2.45) is 4.99 Å². The molecule has 23 heavy (non-hydrogen) atoms. The number of nitrogens with one attached hydrogen (secondary N) is 2. The van der Waals surface area contributed by atoms with E-state index < -0.39 is 0 Å². The summed E-state index contributed by atoms with van der Waals surface area (Å²) in [6.07, 6.45) is 5.76. The number of guanidine groups is 1. The summed E-state index contributed by atoms with van der Waals surface area (Å²) in [6.45, 7) is 6.72. The Morgan fingerprint density at radius 3 is 2.96 bits per heavy atom. The lowest BCUT2D eigenvalue weighted by Gasteiger charge is -2.10. The standard InChI is InChI=1S/C15H23N5S3/c1-3-16-14(18-7-5-13-20-11-12(2)23-13)17-6-4-9-21-15-19-8-10-22-15/h8,10-11H,3-7,9H2,1-2H3,(H2,16,17,18). The van der Waals surface area contributed by atoms with Crippen LogP contribution in [0.1, 0.15) is 23.2 Å². The third kappa shape index (κ3) is 7.32. The Labute approximate surface area is 150 Å². The third-order valence-electron chi connectivity index (χ3n) is 2.85. The number of aromatic nitrogens is 2. The van der Waals surface area contributed by atoms with E-state index in [1.165, 1.54) is 9.88 Å². The minimum absolute atomic E-state index is 0.823. The fraction of sp³-hybridized carbons (Fsp3) is 0.533. The largest absolute Gasteiger partial charge is 0.357 e. The highest BCUT2D eigenvalue weighted by molar-refractivity contribution is 8.00. The molecule has 0 saturated heterocycles. The van der Waals surface area contributed by atoms with Gasteiger partial charge in [0.25, 0.3) is 0 Å². The van der Waals surface area contributed by atoms with Gasteiger partial charge in [0, 0.05) is 54.5 Å². The molecule has 8 heteroatoms. The molecule has 126 valence electrons. The van der Waals surface area contributed by atoms with Gasteiger partial charge in [-0.3, -0.25) is 4.99 Å². The van der Waals surface area contributed by atoms with Crippen molar-refractivity contribution in [3.63, 3.8) is 0 Å². The van der Waals surface area contributed by atoms with Crippen LogP contribution in [0.2, 0.25) is 0 Å². The molecule has 2 aromatic rings. The van der Waals surface area contributed by atoms with Crippen molar-refractivity contribution < 1.29 is 0 Å². The molecule has 0 spiro atoms. The molecular formula is C15H23N5S3. The van der Waals surface area contributed by atoms with E-state index in [9.17, 15) is 0 Å². The molecule has 0 amide bonds. The maximum atomic E-state index is 4.62. The second-order valence-electron chi connectivity index (χ2n) is 4.80. The molecule has 2 rings (SSSR count). The third-order valence-corrected chi connectivity index (χ3v) is 5.88. The van der Waals surface area contributed by atoms with Crippen LogP contribution in [0.25, 0.3) is 0 Å². The van der Waals surface area contributed by atoms with E-state index in [-0.39, 0.29) is 0 Å². The number of rotatable bonds is 9. The minimum atomic E-state index is 0.823. The monoisotopic (exact) mass is 369 g/mol. The first-order valence-electron chi connectivity index (χ1n) is 7.73. The van der Waals surface area contributed by atoms with Gasteiger partial charge >= 0.3 is 0 Å². The van der Waals surface area contributed by atoms with E-state index in [2.05, 4.69) is 39.4 Å². The van der Waals surface area contributed by atoms with E-state index in [1.807, 2.05) is 17.8 Å². The van der Waals surface area contributed by atoms with E-state index in [0.29, 0.717) is 0 Å². The van der Waals surface area contributed by atoms with Crippen LogP contribution in [-0.2, 0) is 6.42 Å². The summed E-state index contributed by atoms with van der Waals surface area (Å²) in [4.78, 5) is 14.5. The zero-order valence-electron chi connectivity index (χ0n) is 13.5.